The number of benzene rings is 1. The van der Waals surface area contributed by atoms with Crippen molar-refractivity contribution in [3.8, 4) is 0 Å². The molecule has 0 bridgehead atoms. The van der Waals surface area contributed by atoms with Crippen LogP contribution in [0.3, 0.4) is 0 Å². The fraction of sp³-hybridized carbons (Fsp3) is 0.500. The molecule has 1 aromatic carbocycles. The summed E-state index contributed by atoms with van der Waals surface area (Å²) < 4.78 is 0. The molecule has 0 aliphatic rings. The van der Waals surface area contributed by atoms with Crippen LogP contribution in [0.15, 0.2) is 24.3 Å². The molecule has 0 heterocycles. The molecule has 1 rings (SSSR count). The molecule has 0 spiro atoms. The van der Waals surface area contributed by atoms with E-state index in [0.29, 0.717) is 0 Å². The van der Waals surface area contributed by atoms with E-state index in [1.54, 1.807) is 0 Å². The molecule has 94 valence electrons. The lowest BCUT2D eigenvalue weighted by atomic mass is 10.2. The van der Waals surface area contributed by atoms with Gasteiger partial charge < -0.3 is 10.6 Å². The highest BCUT2D eigenvalue weighted by molar-refractivity contribution is 5.84. The van der Waals surface area contributed by atoms with Gasteiger partial charge in [0, 0.05) is 11.7 Å². The Bertz CT molecular complexity index is 359. The lowest BCUT2D eigenvalue weighted by Crippen LogP contribution is -2.41. The largest absolute Gasteiger partial charge is 0.374 e. The first-order valence-electron chi connectivity index (χ1n) is 6.16. The average Bonchev–Trinajstić information content (AvgIpc) is 2.31. The van der Waals surface area contributed by atoms with Crippen molar-refractivity contribution < 1.29 is 4.79 Å². The predicted molar refractivity (Wildman–Crippen MR) is 72.2 cm³/mol. The minimum Gasteiger partial charge on any atom is -0.374 e. The summed E-state index contributed by atoms with van der Waals surface area (Å²) in [7, 11) is 0. The molecule has 2 N–H and O–H groups in total. The van der Waals surface area contributed by atoms with Gasteiger partial charge in [-0.1, -0.05) is 24.6 Å². The van der Waals surface area contributed by atoms with E-state index in [4.69, 9.17) is 0 Å². The molecule has 0 radical (unpaired) electrons. The van der Waals surface area contributed by atoms with E-state index >= 15 is 0 Å². The third-order valence-corrected chi connectivity index (χ3v) is 2.83. The van der Waals surface area contributed by atoms with Gasteiger partial charge in [0.1, 0.15) is 6.04 Å². The van der Waals surface area contributed by atoms with E-state index in [0.717, 1.165) is 12.1 Å². The summed E-state index contributed by atoms with van der Waals surface area (Å²) in [4.78, 5) is 11.8. The molecule has 0 aliphatic carbocycles. The number of rotatable bonds is 5. The first kappa shape index (κ1) is 13.6. The van der Waals surface area contributed by atoms with Gasteiger partial charge >= 0.3 is 0 Å². The molecule has 0 aliphatic heterocycles. The Labute approximate surface area is 104 Å². The lowest BCUT2D eigenvalue weighted by molar-refractivity contribution is -0.122. The number of nitrogens with one attached hydrogen (secondary N) is 2. The maximum absolute atomic E-state index is 11.8. The van der Waals surface area contributed by atoms with Crippen molar-refractivity contribution in [2.45, 2.75) is 46.2 Å². The topological polar surface area (TPSA) is 41.1 Å². The molecule has 2 unspecified atom stereocenters. The first-order valence-corrected chi connectivity index (χ1v) is 6.16. The van der Waals surface area contributed by atoms with Crippen LogP contribution in [0.1, 0.15) is 32.8 Å². The Morgan fingerprint density at radius 1 is 1.24 bits per heavy atom. The molecule has 0 fully saturated rings. The van der Waals surface area contributed by atoms with E-state index < -0.39 is 0 Å². The summed E-state index contributed by atoms with van der Waals surface area (Å²) in [6.45, 7) is 7.99. The van der Waals surface area contributed by atoms with Crippen LogP contribution in [0.4, 0.5) is 5.69 Å². The second-order valence-electron chi connectivity index (χ2n) is 4.55. The number of amides is 1. The third kappa shape index (κ3) is 4.47. The molecule has 1 aromatic rings. The molecule has 2 atom stereocenters. The normalized spacial score (nSPS) is 13.9. The van der Waals surface area contributed by atoms with Crippen LogP contribution >= 0.6 is 0 Å². The summed E-state index contributed by atoms with van der Waals surface area (Å²) in [5.74, 6) is 0.0416. The van der Waals surface area contributed by atoms with Crippen LogP contribution in [-0.2, 0) is 4.79 Å². The van der Waals surface area contributed by atoms with Gasteiger partial charge in [0.05, 0.1) is 0 Å². The summed E-state index contributed by atoms with van der Waals surface area (Å²) in [6, 6.07) is 8.05. The van der Waals surface area contributed by atoms with Crippen molar-refractivity contribution in [2.24, 2.45) is 0 Å². The zero-order valence-corrected chi connectivity index (χ0v) is 11.1. The molecule has 3 heteroatoms. The fourth-order valence-corrected chi connectivity index (χ4v) is 1.44. The van der Waals surface area contributed by atoms with Crippen molar-refractivity contribution in [1.29, 1.82) is 0 Å². The highest BCUT2D eigenvalue weighted by Gasteiger charge is 2.13. The minimum atomic E-state index is -0.216. The fourth-order valence-electron chi connectivity index (χ4n) is 1.44. The first-order chi connectivity index (χ1) is 8.02. The SMILES string of the molecule is CCC(C)NC(=O)C(C)Nc1ccc(C)cc1. The van der Waals surface area contributed by atoms with Crippen molar-refractivity contribution in [1.82, 2.24) is 5.32 Å². The van der Waals surface area contributed by atoms with Crippen LogP contribution in [0.2, 0.25) is 0 Å². The van der Waals surface area contributed by atoms with Crippen molar-refractivity contribution in [3.05, 3.63) is 29.8 Å². The summed E-state index contributed by atoms with van der Waals surface area (Å²) in [5, 5.41) is 6.15. The molecule has 0 saturated heterocycles. The summed E-state index contributed by atoms with van der Waals surface area (Å²) >= 11 is 0. The molecular formula is C14H22N2O. The van der Waals surface area contributed by atoms with Gasteiger partial charge in [-0.25, -0.2) is 0 Å². The van der Waals surface area contributed by atoms with Gasteiger partial charge in [-0.2, -0.15) is 0 Å². The number of hydrogen-bond acceptors (Lipinski definition) is 2. The van der Waals surface area contributed by atoms with Gasteiger partial charge in [0.2, 0.25) is 5.91 Å². The summed E-state index contributed by atoms with van der Waals surface area (Å²) in [5.41, 5.74) is 2.19. The quantitative estimate of drug-likeness (QED) is 0.822. The summed E-state index contributed by atoms with van der Waals surface area (Å²) in [6.07, 6.45) is 0.947. The van der Waals surface area contributed by atoms with Gasteiger partial charge in [-0.05, 0) is 39.3 Å². The van der Waals surface area contributed by atoms with Crippen LogP contribution in [0.5, 0.6) is 0 Å². The van der Waals surface area contributed by atoms with Gasteiger partial charge in [-0.3, -0.25) is 4.79 Å². The number of aryl methyl sites for hydroxylation is 1. The second kappa shape index (κ2) is 6.28. The Kier molecular flexibility index (Phi) is 5.01. The molecule has 17 heavy (non-hydrogen) atoms. The zero-order chi connectivity index (χ0) is 12.8. The standard InChI is InChI=1S/C14H22N2O/c1-5-11(3)15-14(17)12(4)16-13-8-6-10(2)7-9-13/h6-9,11-12,16H,5H2,1-4H3,(H,15,17). The zero-order valence-electron chi connectivity index (χ0n) is 11.1. The van der Waals surface area contributed by atoms with Gasteiger partial charge in [-0.15, -0.1) is 0 Å². The number of carbonyl (C=O) groups excluding carboxylic acids is 1. The molecule has 0 aromatic heterocycles. The van der Waals surface area contributed by atoms with Crippen LogP contribution < -0.4 is 10.6 Å². The van der Waals surface area contributed by atoms with E-state index in [2.05, 4.69) is 17.6 Å². The minimum absolute atomic E-state index is 0.0416. The van der Waals surface area contributed by atoms with Crippen LogP contribution in [0, 0.1) is 6.92 Å². The Morgan fingerprint density at radius 3 is 2.35 bits per heavy atom. The molecule has 3 nitrogen and oxygen atoms in total. The number of anilines is 1. The lowest BCUT2D eigenvalue weighted by Gasteiger charge is -2.18. The van der Waals surface area contributed by atoms with Crippen LogP contribution in [0.25, 0.3) is 0 Å². The van der Waals surface area contributed by atoms with E-state index in [9.17, 15) is 4.79 Å². The molecule has 1 amide bonds. The Balaban J connectivity index is 2.51. The average molecular weight is 234 g/mol. The van der Waals surface area contributed by atoms with Crippen LogP contribution in [-0.4, -0.2) is 18.0 Å². The van der Waals surface area contributed by atoms with Crippen molar-refractivity contribution in [2.75, 3.05) is 5.32 Å². The highest BCUT2D eigenvalue weighted by Crippen LogP contribution is 2.10. The van der Waals surface area contributed by atoms with Gasteiger partial charge in [0.15, 0.2) is 0 Å². The smallest absolute Gasteiger partial charge is 0.242 e. The van der Waals surface area contributed by atoms with Crippen molar-refractivity contribution >= 4 is 11.6 Å². The highest BCUT2D eigenvalue weighted by atomic mass is 16.2. The maximum atomic E-state index is 11.8. The van der Waals surface area contributed by atoms with E-state index in [-0.39, 0.29) is 18.0 Å². The van der Waals surface area contributed by atoms with E-state index in [1.165, 1.54) is 5.56 Å². The second-order valence-corrected chi connectivity index (χ2v) is 4.55. The molecular weight excluding hydrogens is 212 g/mol. The van der Waals surface area contributed by atoms with E-state index in [1.807, 2.05) is 45.0 Å². The number of hydrogen-bond donors (Lipinski definition) is 2. The monoisotopic (exact) mass is 234 g/mol. The Morgan fingerprint density at radius 2 is 1.82 bits per heavy atom. The maximum Gasteiger partial charge on any atom is 0.242 e. The Hall–Kier alpha value is -1.51. The third-order valence-electron chi connectivity index (χ3n) is 2.83. The predicted octanol–water partition coefficient (Wildman–Crippen LogP) is 2.71. The van der Waals surface area contributed by atoms with Gasteiger partial charge in [0.25, 0.3) is 0 Å². The molecule has 0 saturated carbocycles. The number of carbonyl (C=O) groups is 1. The van der Waals surface area contributed by atoms with Crippen molar-refractivity contribution in [3.63, 3.8) is 0 Å².